The number of hydrogen-bond acceptors (Lipinski definition) is 5. The van der Waals surface area contributed by atoms with Gasteiger partial charge in [-0.2, -0.15) is 0 Å². The summed E-state index contributed by atoms with van der Waals surface area (Å²) in [6.45, 7) is 1.67. The van der Waals surface area contributed by atoms with Crippen LogP contribution in [-0.4, -0.2) is 20.9 Å². The molecule has 0 saturated carbocycles. The maximum Gasteiger partial charge on any atom is 0.284 e. The SMILES string of the molecule is Cc1ccc(N(C(=O)c2cnccn2)c2nc3ccccc3s2)cc1F. The number of anilines is 2. The number of hydrogen-bond donors (Lipinski definition) is 0. The zero-order valence-electron chi connectivity index (χ0n) is 13.8. The highest BCUT2D eigenvalue weighted by Crippen LogP contribution is 2.34. The van der Waals surface area contributed by atoms with Crippen LogP contribution in [0.25, 0.3) is 10.2 Å². The number of carbonyl (C=O) groups excluding carboxylic acids is 1. The number of carbonyl (C=O) groups is 1. The second-order valence-electron chi connectivity index (χ2n) is 5.63. The van der Waals surface area contributed by atoms with Crippen LogP contribution in [0.4, 0.5) is 15.2 Å². The lowest BCUT2D eigenvalue weighted by Crippen LogP contribution is -2.27. The Balaban J connectivity index is 1.88. The summed E-state index contributed by atoms with van der Waals surface area (Å²) in [5.41, 5.74) is 1.83. The summed E-state index contributed by atoms with van der Waals surface area (Å²) in [6, 6.07) is 12.2. The Labute approximate surface area is 152 Å². The van der Waals surface area contributed by atoms with Crippen molar-refractivity contribution in [2.75, 3.05) is 4.90 Å². The van der Waals surface area contributed by atoms with Gasteiger partial charge in [0.1, 0.15) is 11.5 Å². The van der Waals surface area contributed by atoms with E-state index >= 15 is 0 Å². The summed E-state index contributed by atoms with van der Waals surface area (Å²) in [4.78, 5) is 27.0. The fourth-order valence-corrected chi connectivity index (χ4v) is 3.50. The van der Waals surface area contributed by atoms with Crippen LogP contribution in [0.15, 0.2) is 61.1 Å². The van der Waals surface area contributed by atoms with Gasteiger partial charge in [-0.3, -0.25) is 14.7 Å². The van der Waals surface area contributed by atoms with Crippen LogP contribution in [0.3, 0.4) is 0 Å². The highest BCUT2D eigenvalue weighted by molar-refractivity contribution is 7.22. The minimum absolute atomic E-state index is 0.160. The van der Waals surface area contributed by atoms with E-state index < -0.39 is 5.91 Å². The molecule has 0 aliphatic rings. The van der Waals surface area contributed by atoms with E-state index in [4.69, 9.17) is 0 Å². The van der Waals surface area contributed by atoms with Gasteiger partial charge in [0.25, 0.3) is 5.91 Å². The van der Waals surface area contributed by atoms with Crippen LogP contribution in [0, 0.1) is 12.7 Å². The maximum atomic E-state index is 14.1. The number of para-hydroxylation sites is 1. The predicted octanol–water partition coefficient (Wildman–Crippen LogP) is 4.51. The van der Waals surface area contributed by atoms with E-state index in [1.165, 1.54) is 40.9 Å². The van der Waals surface area contributed by atoms with Crippen molar-refractivity contribution in [3.05, 3.63) is 78.1 Å². The summed E-state index contributed by atoms with van der Waals surface area (Å²) in [5.74, 6) is -0.805. The normalized spacial score (nSPS) is 10.8. The van der Waals surface area contributed by atoms with Crippen molar-refractivity contribution in [1.29, 1.82) is 0 Å². The Bertz CT molecular complexity index is 1060. The molecule has 2 aromatic heterocycles. The molecule has 0 bridgehead atoms. The summed E-state index contributed by atoms with van der Waals surface area (Å²) < 4.78 is 15.1. The first kappa shape index (κ1) is 16.3. The maximum absolute atomic E-state index is 14.1. The van der Waals surface area contributed by atoms with E-state index in [1.807, 2.05) is 24.3 Å². The molecule has 4 rings (SSSR count). The predicted molar refractivity (Wildman–Crippen MR) is 99.3 cm³/mol. The molecular formula is C19H13FN4OS. The molecule has 0 aliphatic heterocycles. The molecule has 7 heteroatoms. The smallest absolute Gasteiger partial charge is 0.266 e. The third kappa shape index (κ3) is 2.93. The first-order valence-corrected chi connectivity index (χ1v) is 8.67. The highest BCUT2D eigenvalue weighted by atomic mass is 32.1. The van der Waals surface area contributed by atoms with Crippen LogP contribution in [0.2, 0.25) is 0 Å². The van der Waals surface area contributed by atoms with E-state index in [9.17, 15) is 9.18 Å². The van der Waals surface area contributed by atoms with Crippen molar-refractivity contribution in [3.8, 4) is 0 Å². The molecule has 0 N–H and O–H groups in total. The van der Waals surface area contributed by atoms with Crippen LogP contribution in [0.5, 0.6) is 0 Å². The third-order valence-corrected chi connectivity index (χ3v) is 4.89. The van der Waals surface area contributed by atoms with E-state index in [0.717, 1.165) is 10.2 Å². The van der Waals surface area contributed by atoms with Crippen LogP contribution in [0.1, 0.15) is 16.1 Å². The fraction of sp³-hybridized carbons (Fsp3) is 0.0526. The molecule has 2 aromatic carbocycles. The van der Waals surface area contributed by atoms with Gasteiger partial charge >= 0.3 is 0 Å². The van der Waals surface area contributed by atoms with E-state index in [1.54, 1.807) is 19.1 Å². The van der Waals surface area contributed by atoms with Gasteiger partial charge in [-0.1, -0.05) is 29.5 Å². The average molecular weight is 364 g/mol. The second-order valence-corrected chi connectivity index (χ2v) is 6.64. The standard InChI is InChI=1S/C19H13FN4OS/c1-12-6-7-13(10-14(12)20)24(18(25)16-11-21-8-9-22-16)19-23-15-4-2-3-5-17(15)26-19/h2-11H,1H3. The molecule has 2 heterocycles. The summed E-state index contributed by atoms with van der Waals surface area (Å²) >= 11 is 1.36. The summed E-state index contributed by atoms with van der Waals surface area (Å²) in [7, 11) is 0. The van der Waals surface area contributed by atoms with Crippen molar-refractivity contribution < 1.29 is 9.18 Å². The monoisotopic (exact) mass is 364 g/mol. The number of rotatable bonds is 3. The van der Waals surface area contributed by atoms with Crippen molar-refractivity contribution in [2.24, 2.45) is 0 Å². The van der Waals surface area contributed by atoms with Crippen molar-refractivity contribution in [1.82, 2.24) is 15.0 Å². The molecule has 0 spiro atoms. The van der Waals surface area contributed by atoms with Crippen LogP contribution < -0.4 is 4.90 Å². The molecule has 128 valence electrons. The van der Waals surface area contributed by atoms with Crippen molar-refractivity contribution in [3.63, 3.8) is 0 Å². The van der Waals surface area contributed by atoms with Gasteiger partial charge in [0.05, 0.1) is 22.1 Å². The third-order valence-electron chi connectivity index (χ3n) is 3.87. The van der Waals surface area contributed by atoms with E-state index in [0.29, 0.717) is 16.4 Å². The first-order valence-electron chi connectivity index (χ1n) is 7.85. The Morgan fingerprint density at radius 2 is 2.00 bits per heavy atom. The quantitative estimate of drug-likeness (QED) is 0.537. The van der Waals surface area contributed by atoms with Gasteiger partial charge in [0.2, 0.25) is 0 Å². The number of thiazole rings is 1. The molecule has 26 heavy (non-hydrogen) atoms. The second kappa shape index (κ2) is 6.61. The zero-order chi connectivity index (χ0) is 18.1. The molecule has 0 unspecified atom stereocenters. The summed E-state index contributed by atoms with van der Waals surface area (Å²) in [6.07, 6.45) is 4.32. The van der Waals surface area contributed by atoms with Crippen LogP contribution >= 0.6 is 11.3 Å². The Morgan fingerprint density at radius 3 is 2.73 bits per heavy atom. The molecule has 0 radical (unpaired) electrons. The van der Waals surface area contributed by atoms with Crippen molar-refractivity contribution >= 4 is 38.3 Å². The lowest BCUT2D eigenvalue weighted by atomic mass is 10.2. The van der Waals surface area contributed by atoms with Gasteiger partial charge in [0.15, 0.2) is 5.13 Å². The van der Waals surface area contributed by atoms with Gasteiger partial charge in [0, 0.05) is 12.4 Å². The number of halogens is 1. The molecule has 1 amide bonds. The van der Waals surface area contributed by atoms with E-state index in [2.05, 4.69) is 15.0 Å². The Kier molecular flexibility index (Phi) is 4.14. The lowest BCUT2D eigenvalue weighted by Gasteiger charge is -2.19. The molecule has 0 fully saturated rings. The summed E-state index contributed by atoms with van der Waals surface area (Å²) in [5, 5.41) is 0.449. The van der Waals surface area contributed by atoms with Crippen LogP contribution in [-0.2, 0) is 0 Å². The fourth-order valence-electron chi connectivity index (χ4n) is 2.52. The average Bonchev–Trinajstić information content (AvgIpc) is 3.09. The molecule has 0 aliphatic carbocycles. The Hall–Kier alpha value is -3.19. The van der Waals surface area contributed by atoms with Gasteiger partial charge < -0.3 is 0 Å². The van der Waals surface area contributed by atoms with Gasteiger partial charge in [-0.25, -0.2) is 14.4 Å². The van der Waals surface area contributed by atoms with Gasteiger partial charge in [-0.05, 0) is 36.8 Å². The number of aryl methyl sites for hydroxylation is 1. The minimum atomic E-state index is -0.416. The molecule has 5 nitrogen and oxygen atoms in total. The number of amides is 1. The molecule has 0 atom stereocenters. The number of aromatic nitrogens is 3. The number of benzene rings is 2. The zero-order valence-corrected chi connectivity index (χ0v) is 14.6. The molecular weight excluding hydrogens is 351 g/mol. The minimum Gasteiger partial charge on any atom is -0.266 e. The molecule has 4 aromatic rings. The molecule has 0 saturated heterocycles. The number of fused-ring (bicyclic) bond motifs is 1. The Morgan fingerprint density at radius 1 is 1.15 bits per heavy atom. The van der Waals surface area contributed by atoms with Gasteiger partial charge in [-0.15, -0.1) is 0 Å². The largest absolute Gasteiger partial charge is 0.284 e. The topological polar surface area (TPSA) is 59.0 Å². The first-order chi connectivity index (χ1) is 12.6. The van der Waals surface area contributed by atoms with E-state index in [-0.39, 0.29) is 11.5 Å². The number of nitrogens with zero attached hydrogens (tertiary/aromatic N) is 4. The lowest BCUT2D eigenvalue weighted by molar-refractivity contribution is 0.0994. The van der Waals surface area contributed by atoms with Crippen molar-refractivity contribution in [2.45, 2.75) is 6.92 Å². The highest BCUT2D eigenvalue weighted by Gasteiger charge is 2.25.